The third-order valence-electron chi connectivity index (χ3n) is 2.99. The lowest BCUT2D eigenvalue weighted by atomic mass is 10.2. The minimum atomic E-state index is -0.569. The van der Waals surface area contributed by atoms with Crippen molar-refractivity contribution in [1.29, 1.82) is 0 Å². The molecule has 5 heteroatoms. The number of rotatable bonds is 6. The summed E-state index contributed by atoms with van der Waals surface area (Å²) in [6, 6.07) is 9.31. The predicted molar refractivity (Wildman–Crippen MR) is 83.1 cm³/mol. The summed E-state index contributed by atoms with van der Waals surface area (Å²) in [4.78, 5) is 14.3. The number of benzene rings is 1. The Bertz CT molecular complexity index is 595. The first-order valence-corrected chi connectivity index (χ1v) is 7.73. The number of nitrogens with one attached hydrogen (secondary N) is 1. The van der Waals surface area contributed by atoms with Crippen LogP contribution in [0.2, 0.25) is 0 Å². The van der Waals surface area contributed by atoms with E-state index in [2.05, 4.69) is 12.2 Å². The first-order chi connectivity index (χ1) is 10.1. The highest BCUT2D eigenvalue weighted by molar-refractivity contribution is 7.12. The van der Waals surface area contributed by atoms with Crippen LogP contribution in [0.15, 0.2) is 36.4 Å². The van der Waals surface area contributed by atoms with Crippen molar-refractivity contribution in [2.24, 2.45) is 0 Å². The maximum atomic E-state index is 13.0. The fourth-order valence-electron chi connectivity index (χ4n) is 1.92. The van der Waals surface area contributed by atoms with Crippen molar-refractivity contribution >= 4 is 23.0 Å². The highest BCUT2D eigenvalue weighted by Crippen LogP contribution is 2.28. The molecular weight excluding hydrogens is 289 g/mol. The highest BCUT2D eigenvalue weighted by Gasteiger charge is 2.23. The summed E-state index contributed by atoms with van der Waals surface area (Å²) in [6.07, 6.45) is 0.927. The molecule has 1 unspecified atom stereocenters. The Kier molecular flexibility index (Phi) is 5.33. The number of esters is 1. The Morgan fingerprint density at radius 1 is 1.24 bits per heavy atom. The first-order valence-electron chi connectivity index (χ1n) is 6.91. The molecule has 1 aromatic carbocycles. The third-order valence-corrected chi connectivity index (χ3v) is 4.29. The second-order valence-corrected chi connectivity index (χ2v) is 5.69. The largest absolute Gasteiger partial charge is 0.464 e. The molecule has 0 spiro atoms. The number of ether oxygens (including phenoxy) is 1. The lowest BCUT2D eigenvalue weighted by molar-refractivity contribution is -0.144. The zero-order chi connectivity index (χ0) is 15.2. The van der Waals surface area contributed by atoms with Crippen molar-refractivity contribution in [3.8, 4) is 0 Å². The van der Waals surface area contributed by atoms with E-state index in [0.29, 0.717) is 12.3 Å². The van der Waals surface area contributed by atoms with Crippen molar-refractivity contribution in [1.82, 2.24) is 0 Å². The van der Waals surface area contributed by atoms with Crippen molar-refractivity contribution in [3.63, 3.8) is 0 Å². The van der Waals surface area contributed by atoms with Gasteiger partial charge < -0.3 is 10.1 Å². The van der Waals surface area contributed by atoms with Crippen molar-refractivity contribution < 1.29 is 13.9 Å². The molecule has 3 nitrogen and oxygen atoms in total. The van der Waals surface area contributed by atoms with Gasteiger partial charge in [0.25, 0.3) is 0 Å². The SMILES string of the molecule is CCOC(=O)C(Nc1ccc(F)cc1)c1ccc(CC)s1. The van der Waals surface area contributed by atoms with Gasteiger partial charge in [-0.05, 0) is 49.7 Å². The molecule has 1 atom stereocenters. The molecule has 2 rings (SSSR count). The van der Waals surface area contributed by atoms with Gasteiger partial charge in [0, 0.05) is 15.4 Å². The van der Waals surface area contributed by atoms with Gasteiger partial charge >= 0.3 is 5.97 Å². The van der Waals surface area contributed by atoms with Gasteiger partial charge in [0.1, 0.15) is 5.82 Å². The van der Waals surface area contributed by atoms with Gasteiger partial charge in [0.05, 0.1) is 6.61 Å². The fraction of sp³-hybridized carbons (Fsp3) is 0.312. The van der Waals surface area contributed by atoms with E-state index in [0.717, 1.165) is 11.3 Å². The zero-order valence-corrected chi connectivity index (χ0v) is 12.9. The molecule has 112 valence electrons. The lowest BCUT2D eigenvalue weighted by Crippen LogP contribution is -2.22. The van der Waals surface area contributed by atoms with Gasteiger partial charge in [-0.3, -0.25) is 0 Å². The predicted octanol–water partition coefficient (Wildman–Crippen LogP) is 4.17. The van der Waals surface area contributed by atoms with Gasteiger partial charge in [-0.25, -0.2) is 9.18 Å². The van der Waals surface area contributed by atoms with E-state index in [1.165, 1.54) is 17.0 Å². The van der Waals surface area contributed by atoms with Crippen LogP contribution in [-0.2, 0) is 16.0 Å². The number of halogens is 1. The zero-order valence-electron chi connectivity index (χ0n) is 12.1. The summed E-state index contributed by atoms with van der Waals surface area (Å²) >= 11 is 1.58. The second-order valence-electron chi connectivity index (χ2n) is 4.49. The molecule has 1 aromatic heterocycles. The summed E-state index contributed by atoms with van der Waals surface area (Å²) < 4.78 is 18.1. The highest BCUT2D eigenvalue weighted by atomic mass is 32.1. The monoisotopic (exact) mass is 307 g/mol. The van der Waals surface area contributed by atoms with Crippen LogP contribution in [0.25, 0.3) is 0 Å². The molecule has 0 amide bonds. The fourth-order valence-corrected chi connectivity index (χ4v) is 2.92. The molecule has 0 fully saturated rings. The number of aryl methyl sites for hydroxylation is 1. The molecule has 1 heterocycles. The quantitative estimate of drug-likeness (QED) is 0.814. The van der Waals surface area contributed by atoms with Crippen LogP contribution in [0.3, 0.4) is 0 Å². The minimum absolute atomic E-state index is 0.308. The average molecular weight is 307 g/mol. The van der Waals surface area contributed by atoms with Crippen molar-refractivity contribution in [2.75, 3.05) is 11.9 Å². The molecule has 2 aromatic rings. The first kappa shape index (κ1) is 15.5. The van der Waals surface area contributed by atoms with E-state index < -0.39 is 6.04 Å². The van der Waals surface area contributed by atoms with Crippen molar-refractivity contribution in [2.45, 2.75) is 26.3 Å². The van der Waals surface area contributed by atoms with Gasteiger partial charge in [0.2, 0.25) is 0 Å². The molecule has 0 saturated heterocycles. The molecule has 0 aliphatic carbocycles. The number of carbonyl (C=O) groups excluding carboxylic acids is 1. The summed E-state index contributed by atoms with van der Waals surface area (Å²) in [6.45, 7) is 4.17. The summed E-state index contributed by atoms with van der Waals surface area (Å²) in [5.74, 6) is -0.635. The topological polar surface area (TPSA) is 38.3 Å². The summed E-state index contributed by atoms with van der Waals surface area (Å²) in [7, 11) is 0. The van der Waals surface area contributed by atoms with E-state index in [1.807, 2.05) is 12.1 Å². The molecular formula is C16H18FNO2S. The Hall–Kier alpha value is -1.88. The number of hydrogen-bond acceptors (Lipinski definition) is 4. The Balaban J connectivity index is 2.23. The van der Waals surface area contributed by atoms with Gasteiger partial charge in [0.15, 0.2) is 6.04 Å². The molecule has 0 bridgehead atoms. The van der Waals surface area contributed by atoms with Crippen LogP contribution in [0, 0.1) is 5.82 Å². The van der Waals surface area contributed by atoms with Gasteiger partial charge in [-0.1, -0.05) is 6.92 Å². The molecule has 0 aliphatic heterocycles. The van der Waals surface area contributed by atoms with Crippen molar-refractivity contribution in [3.05, 3.63) is 52.0 Å². The summed E-state index contributed by atoms with van der Waals surface area (Å²) in [5, 5.41) is 3.11. The summed E-state index contributed by atoms with van der Waals surface area (Å²) in [5.41, 5.74) is 0.681. The number of carbonyl (C=O) groups is 1. The van der Waals surface area contributed by atoms with Crippen LogP contribution in [0.1, 0.15) is 29.6 Å². The van der Waals surface area contributed by atoms with Crippen LogP contribution < -0.4 is 5.32 Å². The van der Waals surface area contributed by atoms with Crippen LogP contribution in [0.4, 0.5) is 10.1 Å². The molecule has 0 saturated carbocycles. The Morgan fingerprint density at radius 2 is 1.95 bits per heavy atom. The van der Waals surface area contributed by atoms with E-state index >= 15 is 0 Å². The van der Waals surface area contributed by atoms with E-state index in [4.69, 9.17) is 4.74 Å². The minimum Gasteiger partial charge on any atom is -0.464 e. The Labute approximate surface area is 127 Å². The smallest absolute Gasteiger partial charge is 0.334 e. The molecule has 21 heavy (non-hydrogen) atoms. The number of thiophene rings is 1. The van der Waals surface area contributed by atoms with E-state index in [9.17, 15) is 9.18 Å². The average Bonchev–Trinajstić information content (AvgIpc) is 2.95. The van der Waals surface area contributed by atoms with Crippen LogP contribution in [0.5, 0.6) is 0 Å². The number of hydrogen-bond donors (Lipinski definition) is 1. The number of anilines is 1. The molecule has 0 radical (unpaired) electrons. The maximum absolute atomic E-state index is 13.0. The molecule has 1 N–H and O–H groups in total. The Morgan fingerprint density at radius 3 is 2.52 bits per heavy atom. The van der Waals surface area contributed by atoms with Gasteiger partial charge in [-0.15, -0.1) is 11.3 Å². The van der Waals surface area contributed by atoms with Gasteiger partial charge in [-0.2, -0.15) is 0 Å². The van der Waals surface area contributed by atoms with E-state index in [-0.39, 0.29) is 11.8 Å². The normalized spacial score (nSPS) is 12.0. The van der Waals surface area contributed by atoms with E-state index in [1.54, 1.807) is 30.4 Å². The van der Waals surface area contributed by atoms with Crippen LogP contribution in [-0.4, -0.2) is 12.6 Å². The third kappa shape index (κ3) is 4.04. The van der Waals surface area contributed by atoms with Crippen LogP contribution >= 0.6 is 11.3 Å². The maximum Gasteiger partial charge on any atom is 0.334 e. The second kappa shape index (κ2) is 7.22. The molecule has 0 aliphatic rings. The standard InChI is InChI=1S/C16H18FNO2S/c1-3-13-9-10-14(21-13)15(16(19)20-4-2)18-12-7-5-11(17)6-8-12/h5-10,15,18H,3-4H2,1-2H3. The lowest BCUT2D eigenvalue weighted by Gasteiger charge is -2.17.